The van der Waals surface area contributed by atoms with Crippen molar-refractivity contribution in [1.29, 1.82) is 5.26 Å². The number of nitrogens with zero attached hydrogens (tertiary/aromatic N) is 3. The van der Waals surface area contributed by atoms with E-state index < -0.39 is 22.7 Å². The Morgan fingerprint density at radius 2 is 1.61 bits per heavy atom. The van der Waals surface area contributed by atoms with Gasteiger partial charge in [-0.2, -0.15) is 5.26 Å². The molecule has 0 aliphatic rings. The molecule has 3 rings (SSSR count). The van der Waals surface area contributed by atoms with E-state index in [1.807, 2.05) is 44.2 Å². The van der Waals surface area contributed by atoms with Crippen molar-refractivity contribution in [3.63, 3.8) is 0 Å². The second-order valence-corrected chi connectivity index (χ2v) is 23.6. The van der Waals surface area contributed by atoms with Crippen molar-refractivity contribution in [2.24, 2.45) is 0 Å². The zero-order chi connectivity index (χ0) is 31.0. The minimum Gasteiger partial charge on any atom is -0.543 e. The SMILES string of the molecule is Cc1c(N[C@@H](c2nnc(-c3cccc(O[Si](C)(C)C(C)(C)C)c3)o2)[C@H](C)O[Si](C)(C)C(C)(C)C)ccc(C#N)c1Cl. The first-order valence-electron chi connectivity index (χ1n) is 14.0. The van der Waals surface area contributed by atoms with Crippen LogP contribution in [0.3, 0.4) is 0 Å². The zero-order valence-corrected chi connectivity index (χ0v) is 29.3. The minimum absolute atomic E-state index is 0.0179. The molecule has 0 spiro atoms. The normalized spacial score (nSPS) is 14.3. The van der Waals surface area contributed by atoms with Crippen molar-refractivity contribution >= 4 is 33.9 Å². The van der Waals surface area contributed by atoms with Crippen molar-refractivity contribution in [3.05, 3.63) is 58.4 Å². The van der Waals surface area contributed by atoms with Gasteiger partial charge in [0.1, 0.15) is 17.9 Å². The molecule has 0 fully saturated rings. The Bertz CT molecular complexity index is 1420. The van der Waals surface area contributed by atoms with Crippen molar-refractivity contribution in [2.45, 2.75) is 104 Å². The molecule has 0 saturated heterocycles. The summed E-state index contributed by atoms with van der Waals surface area (Å²) in [6.45, 7) is 26.1. The van der Waals surface area contributed by atoms with Crippen LogP contribution in [0.25, 0.3) is 11.5 Å². The first-order valence-corrected chi connectivity index (χ1v) is 20.2. The fourth-order valence-electron chi connectivity index (χ4n) is 3.80. The number of nitrogens with one attached hydrogen (secondary N) is 1. The number of nitriles is 1. The number of benzene rings is 2. The number of hydrogen-bond acceptors (Lipinski definition) is 7. The highest BCUT2D eigenvalue weighted by atomic mass is 35.5. The van der Waals surface area contributed by atoms with Gasteiger partial charge in [-0.1, -0.05) is 59.2 Å². The lowest BCUT2D eigenvalue weighted by atomic mass is 10.1. The van der Waals surface area contributed by atoms with Gasteiger partial charge < -0.3 is 18.6 Å². The third kappa shape index (κ3) is 7.41. The molecular formula is C31H45ClN4O3Si2. The number of halogens is 1. The van der Waals surface area contributed by atoms with Gasteiger partial charge in [0.2, 0.25) is 20.1 Å². The summed E-state index contributed by atoms with van der Waals surface area (Å²) in [7, 11) is -4.15. The maximum absolute atomic E-state index is 9.41. The molecule has 1 aromatic heterocycles. The second-order valence-electron chi connectivity index (χ2n) is 13.8. The molecule has 0 amide bonds. The summed E-state index contributed by atoms with van der Waals surface area (Å²) in [4.78, 5) is 0. The number of aromatic nitrogens is 2. The van der Waals surface area contributed by atoms with Gasteiger partial charge in [-0.3, -0.25) is 0 Å². The molecule has 0 unspecified atom stereocenters. The Morgan fingerprint density at radius 3 is 2.20 bits per heavy atom. The number of hydrogen-bond donors (Lipinski definition) is 1. The van der Waals surface area contributed by atoms with Crippen LogP contribution in [0.2, 0.25) is 41.3 Å². The van der Waals surface area contributed by atoms with E-state index in [2.05, 4.69) is 89.3 Å². The zero-order valence-electron chi connectivity index (χ0n) is 26.6. The largest absolute Gasteiger partial charge is 0.543 e. The van der Waals surface area contributed by atoms with E-state index in [4.69, 9.17) is 24.9 Å². The predicted octanol–water partition coefficient (Wildman–Crippen LogP) is 9.52. The lowest BCUT2D eigenvalue weighted by Gasteiger charge is -2.40. The highest BCUT2D eigenvalue weighted by Crippen LogP contribution is 2.41. The molecule has 1 N–H and O–H groups in total. The Kier molecular flexibility index (Phi) is 9.55. The number of anilines is 1. The van der Waals surface area contributed by atoms with E-state index in [0.29, 0.717) is 22.4 Å². The van der Waals surface area contributed by atoms with Crippen LogP contribution in [-0.4, -0.2) is 32.9 Å². The monoisotopic (exact) mass is 612 g/mol. The van der Waals surface area contributed by atoms with Crippen molar-refractivity contribution in [3.8, 4) is 23.3 Å². The minimum atomic E-state index is -2.13. The molecule has 0 aliphatic carbocycles. The van der Waals surface area contributed by atoms with Crippen LogP contribution >= 0.6 is 11.6 Å². The first-order chi connectivity index (χ1) is 18.8. The van der Waals surface area contributed by atoms with Crippen molar-refractivity contribution < 1.29 is 13.3 Å². The molecule has 0 aliphatic heterocycles. The summed E-state index contributed by atoms with van der Waals surface area (Å²) in [6, 6.07) is 13.1. The summed E-state index contributed by atoms with van der Waals surface area (Å²) < 4.78 is 19.6. The van der Waals surface area contributed by atoms with E-state index in [1.165, 1.54) is 0 Å². The fourth-order valence-corrected chi connectivity index (χ4v) is 6.45. The smallest absolute Gasteiger partial charge is 0.250 e. The second kappa shape index (κ2) is 11.9. The third-order valence-corrected chi connectivity index (χ3v) is 18.0. The Labute approximate surface area is 252 Å². The maximum Gasteiger partial charge on any atom is 0.250 e. The average Bonchev–Trinajstić information content (AvgIpc) is 3.33. The van der Waals surface area contributed by atoms with Gasteiger partial charge in [0.15, 0.2) is 8.32 Å². The number of rotatable bonds is 9. The Morgan fingerprint density at radius 1 is 0.976 bits per heavy atom. The van der Waals surface area contributed by atoms with Crippen molar-refractivity contribution in [2.75, 3.05) is 5.32 Å². The topological polar surface area (TPSA) is 93.2 Å². The molecule has 222 valence electrons. The van der Waals surface area contributed by atoms with Gasteiger partial charge in [-0.15, -0.1) is 10.2 Å². The molecule has 10 heteroatoms. The summed E-state index contributed by atoms with van der Waals surface area (Å²) >= 11 is 6.50. The van der Waals surface area contributed by atoms with Crippen LogP contribution in [-0.2, 0) is 4.43 Å². The standard InChI is InChI=1S/C31H45ClN4O3Si2/c1-20-25(17-16-23(19-33)26(20)32)34-27(21(2)38-40(9,10)30(3,4)5)29-36-35-28(37-29)22-14-13-15-24(18-22)39-41(11,12)31(6,7)8/h13-18,21,27,34H,1-12H3/t21-,27+/m0/s1. The van der Waals surface area contributed by atoms with Crippen LogP contribution in [0, 0.1) is 18.3 Å². The predicted molar refractivity (Wildman–Crippen MR) is 173 cm³/mol. The molecule has 41 heavy (non-hydrogen) atoms. The van der Waals surface area contributed by atoms with Gasteiger partial charge in [0.25, 0.3) is 0 Å². The van der Waals surface area contributed by atoms with E-state index in [0.717, 1.165) is 22.6 Å². The summed E-state index contributed by atoms with van der Waals surface area (Å²) in [5.41, 5.74) is 2.76. The van der Waals surface area contributed by atoms with Crippen LogP contribution in [0.4, 0.5) is 5.69 Å². The van der Waals surface area contributed by atoms with Gasteiger partial charge in [0, 0.05) is 11.3 Å². The van der Waals surface area contributed by atoms with Crippen LogP contribution in [0.5, 0.6) is 5.75 Å². The van der Waals surface area contributed by atoms with Gasteiger partial charge in [-0.05, 0) is 86.0 Å². The molecule has 0 saturated carbocycles. The third-order valence-electron chi connectivity index (χ3n) is 8.54. The van der Waals surface area contributed by atoms with E-state index >= 15 is 0 Å². The van der Waals surface area contributed by atoms with E-state index in [9.17, 15) is 5.26 Å². The summed E-state index contributed by atoms with van der Waals surface area (Å²) in [5.74, 6) is 1.60. The fraction of sp³-hybridized carbons (Fsp3) is 0.516. The van der Waals surface area contributed by atoms with E-state index in [1.54, 1.807) is 6.07 Å². The lowest BCUT2D eigenvalue weighted by Crippen LogP contribution is -2.45. The van der Waals surface area contributed by atoms with Crippen LogP contribution in [0.15, 0.2) is 40.8 Å². The molecule has 2 atom stereocenters. The quantitative estimate of drug-likeness (QED) is 0.240. The molecule has 2 aromatic carbocycles. The lowest BCUT2D eigenvalue weighted by molar-refractivity contribution is 0.166. The van der Waals surface area contributed by atoms with Gasteiger partial charge >= 0.3 is 0 Å². The molecule has 0 bridgehead atoms. The molecular weight excluding hydrogens is 568 g/mol. The maximum atomic E-state index is 9.41. The highest BCUT2D eigenvalue weighted by molar-refractivity contribution is 6.75. The molecule has 3 aromatic rings. The van der Waals surface area contributed by atoms with Crippen molar-refractivity contribution in [1.82, 2.24) is 10.2 Å². The molecule has 1 heterocycles. The summed E-state index contributed by atoms with van der Waals surface area (Å²) in [6.07, 6.45) is -0.300. The van der Waals surface area contributed by atoms with E-state index in [-0.39, 0.29) is 16.2 Å². The molecule has 0 radical (unpaired) electrons. The van der Waals surface area contributed by atoms with Gasteiger partial charge in [0.05, 0.1) is 16.7 Å². The first kappa shape index (κ1) is 32.9. The molecule has 7 nitrogen and oxygen atoms in total. The highest BCUT2D eigenvalue weighted by Gasteiger charge is 2.41. The van der Waals surface area contributed by atoms with Crippen LogP contribution < -0.4 is 9.74 Å². The summed E-state index contributed by atoms with van der Waals surface area (Å²) in [5, 5.41) is 22.3. The Hall–Kier alpha value is -2.65. The van der Waals surface area contributed by atoms with Gasteiger partial charge in [-0.25, -0.2) is 0 Å². The average molecular weight is 613 g/mol. The Balaban J connectivity index is 2.00. The van der Waals surface area contributed by atoms with Crippen LogP contribution in [0.1, 0.15) is 71.5 Å².